The quantitative estimate of drug-likeness (QED) is 0.456. The number of rotatable bonds is 6. The van der Waals surface area contributed by atoms with Crippen molar-refractivity contribution in [3.8, 4) is 22.8 Å². The molecule has 0 aliphatic carbocycles. The van der Waals surface area contributed by atoms with Crippen LogP contribution in [-0.2, 0) is 0 Å². The first-order valence-corrected chi connectivity index (χ1v) is 8.74. The molecule has 0 N–H and O–H groups in total. The zero-order valence-electron chi connectivity index (χ0n) is 13.3. The average Bonchev–Trinajstić information content (AvgIpc) is 2.62. The standard InChI is InChI=1S/C19H17BrO4/c1-22-15-7-8-16-17(21)12-18(24-19(16)11-15)13-3-5-14(6-4-13)23-10-2-9-20/h3-8,11-12H,2,9-10H2,1H3. The van der Waals surface area contributed by atoms with Crippen LogP contribution in [0.2, 0.25) is 0 Å². The lowest BCUT2D eigenvalue weighted by Crippen LogP contribution is -2.00. The highest BCUT2D eigenvalue weighted by molar-refractivity contribution is 9.09. The van der Waals surface area contributed by atoms with E-state index in [1.54, 1.807) is 25.3 Å². The van der Waals surface area contributed by atoms with Gasteiger partial charge >= 0.3 is 0 Å². The van der Waals surface area contributed by atoms with E-state index in [0.717, 1.165) is 23.1 Å². The summed E-state index contributed by atoms with van der Waals surface area (Å²) in [5, 5.41) is 1.45. The molecule has 0 saturated carbocycles. The topological polar surface area (TPSA) is 48.7 Å². The van der Waals surface area contributed by atoms with Crippen molar-refractivity contribution < 1.29 is 13.9 Å². The van der Waals surface area contributed by atoms with Gasteiger partial charge in [0.1, 0.15) is 22.8 Å². The predicted octanol–water partition coefficient (Wildman–Crippen LogP) is 4.63. The van der Waals surface area contributed by atoms with E-state index in [-0.39, 0.29) is 5.43 Å². The van der Waals surface area contributed by atoms with Crippen molar-refractivity contribution in [2.24, 2.45) is 0 Å². The normalized spacial score (nSPS) is 10.8. The first kappa shape index (κ1) is 16.6. The molecule has 0 unspecified atom stereocenters. The third kappa shape index (κ3) is 3.62. The van der Waals surface area contributed by atoms with Crippen LogP contribution in [0.3, 0.4) is 0 Å². The first-order chi connectivity index (χ1) is 11.7. The summed E-state index contributed by atoms with van der Waals surface area (Å²) >= 11 is 3.37. The van der Waals surface area contributed by atoms with Gasteiger partial charge in [-0.05, 0) is 42.8 Å². The summed E-state index contributed by atoms with van der Waals surface area (Å²) in [6.45, 7) is 0.662. The minimum atomic E-state index is -0.0773. The Morgan fingerprint density at radius 1 is 1.04 bits per heavy atom. The smallest absolute Gasteiger partial charge is 0.193 e. The molecule has 0 spiro atoms. The summed E-state index contributed by atoms with van der Waals surface area (Å²) in [7, 11) is 1.58. The average molecular weight is 389 g/mol. The molecular formula is C19H17BrO4. The summed E-state index contributed by atoms with van der Waals surface area (Å²) in [6.07, 6.45) is 0.948. The van der Waals surface area contributed by atoms with E-state index in [2.05, 4.69) is 15.9 Å². The molecule has 0 amide bonds. The maximum atomic E-state index is 12.3. The summed E-state index contributed by atoms with van der Waals surface area (Å²) < 4.78 is 16.7. The highest BCUT2D eigenvalue weighted by Gasteiger charge is 2.08. The van der Waals surface area contributed by atoms with Crippen LogP contribution in [0.5, 0.6) is 11.5 Å². The number of hydrogen-bond acceptors (Lipinski definition) is 4. The van der Waals surface area contributed by atoms with Crippen LogP contribution in [-0.4, -0.2) is 19.0 Å². The zero-order chi connectivity index (χ0) is 16.9. The van der Waals surface area contributed by atoms with Gasteiger partial charge in [-0.15, -0.1) is 0 Å². The number of benzene rings is 2. The minimum absolute atomic E-state index is 0.0773. The van der Waals surface area contributed by atoms with Gasteiger partial charge in [0.15, 0.2) is 5.43 Å². The second kappa shape index (κ2) is 7.53. The molecule has 24 heavy (non-hydrogen) atoms. The monoisotopic (exact) mass is 388 g/mol. The molecule has 124 valence electrons. The SMILES string of the molecule is COc1ccc2c(=O)cc(-c3ccc(OCCCBr)cc3)oc2c1. The number of hydrogen-bond donors (Lipinski definition) is 0. The third-order valence-electron chi connectivity index (χ3n) is 3.62. The number of methoxy groups -OCH3 is 1. The molecule has 0 radical (unpaired) electrons. The van der Waals surface area contributed by atoms with Gasteiger partial charge in [-0.2, -0.15) is 0 Å². The third-order valence-corrected chi connectivity index (χ3v) is 4.18. The van der Waals surface area contributed by atoms with Gasteiger partial charge < -0.3 is 13.9 Å². The minimum Gasteiger partial charge on any atom is -0.497 e. The maximum Gasteiger partial charge on any atom is 0.193 e. The number of alkyl halides is 1. The Kier molecular flexibility index (Phi) is 5.20. The second-order valence-electron chi connectivity index (χ2n) is 5.25. The van der Waals surface area contributed by atoms with Gasteiger partial charge in [-0.25, -0.2) is 0 Å². The number of halogens is 1. The molecule has 3 aromatic rings. The maximum absolute atomic E-state index is 12.3. The molecule has 0 bridgehead atoms. The van der Waals surface area contributed by atoms with Crippen molar-refractivity contribution in [3.63, 3.8) is 0 Å². The van der Waals surface area contributed by atoms with Crippen molar-refractivity contribution in [3.05, 3.63) is 58.8 Å². The summed E-state index contributed by atoms with van der Waals surface area (Å²) in [6, 6.07) is 14.2. The lowest BCUT2D eigenvalue weighted by Gasteiger charge is -2.07. The van der Waals surface area contributed by atoms with Crippen molar-refractivity contribution in [1.29, 1.82) is 0 Å². The van der Waals surface area contributed by atoms with E-state index in [1.165, 1.54) is 6.07 Å². The Balaban J connectivity index is 1.92. The Morgan fingerprint density at radius 3 is 2.50 bits per heavy atom. The largest absolute Gasteiger partial charge is 0.497 e. The lowest BCUT2D eigenvalue weighted by molar-refractivity contribution is 0.319. The fourth-order valence-electron chi connectivity index (χ4n) is 2.36. The van der Waals surface area contributed by atoms with Gasteiger partial charge in [-0.3, -0.25) is 4.79 Å². The van der Waals surface area contributed by atoms with Gasteiger partial charge in [0.25, 0.3) is 0 Å². The van der Waals surface area contributed by atoms with E-state index < -0.39 is 0 Å². The van der Waals surface area contributed by atoms with Crippen LogP contribution in [0.1, 0.15) is 6.42 Å². The van der Waals surface area contributed by atoms with E-state index in [9.17, 15) is 4.79 Å². The molecule has 4 nitrogen and oxygen atoms in total. The Bertz CT molecular complexity index is 884. The van der Waals surface area contributed by atoms with Crippen molar-refractivity contribution >= 4 is 26.9 Å². The fourth-order valence-corrected chi connectivity index (χ4v) is 2.59. The molecule has 2 aromatic carbocycles. The Hall–Kier alpha value is -2.27. The van der Waals surface area contributed by atoms with E-state index >= 15 is 0 Å². The molecule has 1 aromatic heterocycles. The molecule has 0 atom stereocenters. The van der Waals surface area contributed by atoms with Gasteiger partial charge in [0.2, 0.25) is 0 Å². The molecule has 0 aliphatic rings. The van der Waals surface area contributed by atoms with Crippen molar-refractivity contribution in [2.75, 3.05) is 19.0 Å². The van der Waals surface area contributed by atoms with Crippen LogP contribution in [0.4, 0.5) is 0 Å². The van der Waals surface area contributed by atoms with E-state index in [0.29, 0.717) is 29.1 Å². The zero-order valence-corrected chi connectivity index (χ0v) is 14.8. The summed E-state index contributed by atoms with van der Waals surface area (Å²) in [5.41, 5.74) is 1.26. The Labute approximate surface area is 148 Å². The van der Waals surface area contributed by atoms with Crippen LogP contribution in [0.15, 0.2) is 57.7 Å². The van der Waals surface area contributed by atoms with Crippen LogP contribution >= 0.6 is 15.9 Å². The van der Waals surface area contributed by atoms with E-state index in [1.807, 2.05) is 24.3 Å². The molecule has 0 fully saturated rings. The Morgan fingerprint density at radius 2 is 1.79 bits per heavy atom. The van der Waals surface area contributed by atoms with Crippen LogP contribution in [0.25, 0.3) is 22.3 Å². The van der Waals surface area contributed by atoms with Crippen molar-refractivity contribution in [2.45, 2.75) is 6.42 Å². The van der Waals surface area contributed by atoms with Gasteiger partial charge in [-0.1, -0.05) is 15.9 Å². The number of fused-ring (bicyclic) bond motifs is 1. The van der Waals surface area contributed by atoms with Crippen LogP contribution in [0, 0.1) is 0 Å². The molecule has 0 aliphatic heterocycles. The van der Waals surface area contributed by atoms with Crippen molar-refractivity contribution in [1.82, 2.24) is 0 Å². The van der Waals surface area contributed by atoms with Crippen LogP contribution < -0.4 is 14.9 Å². The van der Waals surface area contributed by atoms with Gasteiger partial charge in [0, 0.05) is 23.0 Å². The molecule has 1 heterocycles. The predicted molar refractivity (Wildman–Crippen MR) is 98.4 cm³/mol. The second-order valence-corrected chi connectivity index (χ2v) is 6.05. The number of ether oxygens (including phenoxy) is 2. The lowest BCUT2D eigenvalue weighted by atomic mass is 10.1. The van der Waals surface area contributed by atoms with Gasteiger partial charge in [0.05, 0.1) is 19.1 Å². The summed E-state index contributed by atoms with van der Waals surface area (Å²) in [5.74, 6) is 1.97. The van der Waals surface area contributed by atoms with E-state index in [4.69, 9.17) is 13.9 Å². The molecule has 3 rings (SSSR count). The summed E-state index contributed by atoms with van der Waals surface area (Å²) in [4.78, 5) is 12.3. The highest BCUT2D eigenvalue weighted by Crippen LogP contribution is 2.26. The fraction of sp³-hybridized carbons (Fsp3) is 0.211. The highest BCUT2D eigenvalue weighted by atomic mass is 79.9. The molecular weight excluding hydrogens is 372 g/mol. The molecule has 0 saturated heterocycles. The molecule has 5 heteroatoms. The first-order valence-electron chi connectivity index (χ1n) is 7.62.